The van der Waals surface area contributed by atoms with Gasteiger partial charge >= 0.3 is 0 Å². The highest BCUT2D eigenvalue weighted by Crippen LogP contribution is 2.28. The third-order valence-corrected chi connectivity index (χ3v) is 7.86. The van der Waals surface area contributed by atoms with Crippen molar-refractivity contribution in [3.05, 3.63) is 30.0 Å². The maximum absolute atomic E-state index is 13.6. The summed E-state index contributed by atoms with van der Waals surface area (Å²) in [7, 11) is 5.25. The van der Waals surface area contributed by atoms with E-state index in [1.807, 2.05) is 45.7 Å². The zero-order chi connectivity index (χ0) is 25.8. The van der Waals surface area contributed by atoms with Crippen LogP contribution in [0.4, 0.5) is 0 Å². The van der Waals surface area contributed by atoms with Gasteiger partial charge in [0.15, 0.2) is 0 Å². The Kier molecular flexibility index (Phi) is 9.84. The molecular formula is C27H40ClN5O4. The molecule has 2 heterocycles. The van der Waals surface area contributed by atoms with E-state index in [2.05, 4.69) is 10.6 Å². The summed E-state index contributed by atoms with van der Waals surface area (Å²) in [4.78, 5) is 43.2. The van der Waals surface area contributed by atoms with Gasteiger partial charge in [-0.15, -0.1) is 12.4 Å². The van der Waals surface area contributed by atoms with Gasteiger partial charge in [0.05, 0.1) is 18.7 Å². The third-order valence-electron chi connectivity index (χ3n) is 7.86. The van der Waals surface area contributed by atoms with Crippen molar-refractivity contribution >= 4 is 41.0 Å². The first-order chi connectivity index (χ1) is 17.3. The second-order valence-corrected chi connectivity index (χ2v) is 10.0. The van der Waals surface area contributed by atoms with Crippen molar-refractivity contribution in [1.82, 2.24) is 25.0 Å². The summed E-state index contributed by atoms with van der Waals surface area (Å²) in [6, 6.07) is 6.81. The van der Waals surface area contributed by atoms with E-state index in [-0.39, 0.29) is 42.1 Å². The molecule has 10 heteroatoms. The second kappa shape index (κ2) is 12.6. The van der Waals surface area contributed by atoms with E-state index < -0.39 is 6.04 Å². The van der Waals surface area contributed by atoms with Crippen LogP contribution in [0.5, 0.6) is 5.75 Å². The lowest BCUT2D eigenvalue weighted by molar-refractivity contribution is -0.140. The van der Waals surface area contributed by atoms with Crippen molar-refractivity contribution in [3.63, 3.8) is 0 Å². The molecule has 1 aromatic carbocycles. The van der Waals surface area contributed by atoms with Crippen LogP contribution >= 0.6 is 12.4 Å². The van der Waals surface area contributed by atoms with Crippen LogP contribution in [0.2, 0.25) is 0 Å². The Hall–Kier alpha value is -2.78. The van der Waals surface area contributed by atoms with Gasteiger partial charge in [-0.05, 0) is 50.9 Å². The lowest BCUT2D eigenvalue weighted by Crippen LogP contribution is -2.59. The number of ether oxygens (including phenoxy) is 1. The van der Waals surface area contributed by atoms with Gasteiger partial charge < -0.3 is 29.7 Å². The monoisotopic (exact) mass is 533 g/mol. The molecule has 37 heavy (non-hydrogen) atoms. The maximum atomic E-state index is 13.6. The Morgan fingerprint density at radius 3 is 2.27 bits per heavy atom. The smallest absolute Gasteiger partial charge is 0.270 e. The van der Waals surface area contributed by atoms with Crippen molar-refractivity contribution in [2.75, 3.05) is 40.3 Å². The second-order valence-electron chi connectivity index (χ2n) is 10.0. The van der Waals surface area contributed by atoms with Gasteiger partial charge in [0.25, 0.3) is 5.91 Å². The average Bonchev–Trinajstić information content (AvgIpc) is 3.26. The molecule has 0 radical (unpaired) electrons. The number of hydrogen-bond acceptors (Lipinski definition) is 5. The Morgan fingerprint density at radius 1 is 1.00 bits per heavy atom. The van der Waals surface area contributed by atoms with Crippen LogP contribution in [-0.4, -0.2) is 84.5 Å². The molecule has 0 bridgehead atoms. The van der Waals surface area contributed by atoms with Crippen LogP contribution in [0.15, 0.2) is 24.3 Å². The first-order valence-corrected chi connectivity index (χ1v) is 13.0. The normalized spacial score (nSPS) is 18.2. The summed E-state index contributed by atoms with van der Waals surface area (Å²) in [5.41, 5.74) is 1.56. The predicted octanol–water partition coefficient (Wildman–Crippen LogP) is 2.57. The molecule has 4 rings (SSSR count). The fourth-order valence-electron chi connectivity index (χ4n) is 5.39. The number of methoxy groups -OCH3 is 1. The number of halogens is 1. The standard InChI is InChI=1S/C27H39N5O4.ClH/c1-18(28-2)25(33)29-24(19-8-6-5-7-9-19)27(35)32-14-12-31(13-15-32)26(34)23-16-20-10-11-21(36-4)17-22(20)30(23)3;/h10-11,16-19,24,28H,5-9,12-15H2,1-4H3,(H,29,33);1H/t18?,24-;/m0./s1. The van der Waals surface area contributed by atoms with Gasteiger partial charge in [0.2, 0.25) is 11.8 Å². The summed E-state index contributed by atoms with van der Waals surface area (Å²) < 4.78 is 7.23. The highest BCUT2D eigenvalue weighted by Gasteiger charge is 2.36. The maximum Gasteiger partial charge on any atom is 0.270 e. The van der Waals surface area contributed by atoms with E-state index >= 15 is 0 Å². The van der Waals surface area contributed by atoms with Gasteiger partial charge in [-0.25, -0.2) is 0 Å². The van der Waals surface area contributed by atoms with Gasteiger partial charge in [-0.1, -0.05) is 19.3 Å². The van der Waals surface area contributed by atoms with Gasteiger partial charge in [-0.3, -0.25) is 14.4 Å². The third kappa shape index (κ3) is 6.21. The summed E-state index contributed by atoms with van der Waals surface area (Å²) in [5, 5.41) is 6.98. The molecule has 1 aliphatic carbocycles. The fraction of sp³-hybridized carbons (Fsp3) is 0.593. The van der Waals surface area contributed by atoms with E-state index in [1.165, 1.54) is 6.42 Å². The zero-order valence-electron chi connectivity index (χ0n) is 22.3. The number of rotatable bonds is 7. The van der Waals surface area contributed by atoms with Crippen LogP contribution in [0.1, 0.15) is 49.5 Å². The van der Waals surface area contributed by atoms with Crippen molar-refractivity contribution < 1.29 is 19.1 Å². The number of piperazine rings is 1. The van der Waals surface area contributed by atoms with E-state index in [0.29, 0.717) is 31.9 Å². The van der Waals surface area contributed by atoms with Crippen LogP contribution < -0.4 is 15.4 Å². The number of nitrogens with one attached hydrogen (secondary N) is 2. The number of aryl methyl sites for hydroxylation is 1. The largest absolute Gasteiger partial charge is 0.497 e. The van der Waals surface area contributed by atoms with Crippen molar-refractivity contribution in [2.24, 2.45) is 13.0 Å². The molecule has 1 saturated heterocycles. The van der Waals surface area contributed by atoms with E-state index in [9.17, 15) is 14.4 Å². The minimum atomic E-state index is -0.510. The number of carbonyl (C=O) groups is 3. The van der Waals surface area contributed by atoms with Crippen molar-refractivity contribution in [1.29, 1.82) is 0 Å². The lowest BCUT2D eigenvalue weighted by atomic mass is 9.83. The zero-order valence-corrected chi connectivity index (χ0v) is 23.1. The number of fused-ring (bicyclic) bond motifs is 1. The Labute approximate surface area is 225 Å². The first-order valence-electron chi connectivity index (χ1n) is 13.0. The minimum absolute atomic E-state index is 0. The van der Waals surface area contributed by atoms with E-state index in [4.69, 9.17) is 4.74 Å². The van der Waals surface area contributed by atoms with E-state index in [0.717, 1.165) is 42.3 Å². The molecule has 9 nitrogen and oxygen atoms in total. The lowest BCUT2D eigenvalue weighted by Gasteiger charge is -2.39. The number of likely N-dealkylation sites (N-methyl/N-ethyl adjacent to an activating group) is 1. The molecule has 2 N–H and O–H groups in total. The van der Waals surface area contributed by atoms with Crippen LogP contribution in [0, 0.1) is 5.92 Å². The predicted molar refractivity (Wildman–Crippen MR) is 146 cm³/mol. The number of benzene rings is 1. The number of nitrogens with zero attached hydrogens (tertiary/aromatic N) is 3. The summed E-state index contributed by atoms with van der Waals surface area (Å²) in [6.45, 7) is 3.65. The molecule has 1 aliphatic heterocycles. The van der Waals surface area contributed by atoms with Gasteiger partial charge in [-0.2, -0.15) is 0 Å². The van der Waals surface area contributed by atoms with E-state index in [1.54, 1.807) is 21.1 Å². The summed E-state index contributed by atoms with van der Waals surface area (Å²) in [5.74, 6) is 0.690. The highest BCUT2D eigenvalue weighted by atomic mass is 35.5. The first kappa shape index (κ1) is 28.8. The van der Waals surface area contributed by atoms with Crippen molar-refractivity contribution in [3.8, 4) is 5.75 Å². The number of carbonyl (C=O) groups excluding carboxylic acids is 3. The number of aromatic nitrogens is 1. The van der Waals surface area contributed by atoms with Gasteiger partial charge in [0.1, 0.15) is 17.5 Å². The molecular weight excluding hydrogens is 494 g/mol. The minimum Gasteiger partial charge on any atom is -0.497 e. The van der Waals surface area contributed by atoms with Crippen LogP contribution in [-0.2, 0) is 16.6 Å². The molecule has 2 aromatic rings. The van der Waals surface area contributed by atoms with Crippen LogP contribution in [0.3, 0.4) is 0 Å². The quantitative estimate of drug-likeness (QED) is 0.570. The topological polar surface area (TPSA) is 95.9 Å². The molecule has 0 spiro atoms. The Bertz CT molecular complexity index is 1110. The SMILES string of the molecule is CNC(C)C(=O)N[C@H](C(=O)N1CCN(C(=O)c2cc3ccc(OC)cc3n2C)CC1)C1CCCCC1.Cl. The summed E-state index contributed by atoms with van der Waals surface area (Å²) >= 11 is 0. The molecule has 2 aliphatic rings. The molecule has 3 amide bonds. The van der Waals surface area contributed by atoms with Crippen molar-refractivity contribution in [2.45, 2.75) is 51.1 Å². The molecule has 1 saturated carbocycles. The fourth-order valence-corrected chi connectivity index (χ4v) is 5.39. The average molecular weight is 534 g/mol. The number of amides is 3. The number of hydrogen-bond donors (Lipinski definition) is 2. The molecule has 1 unspecified atom stereocenters. The Morgan fingerprint density at radius 2 is 1.65 bits per heavy atom. The van der Waals surface area contributed by atoms with Crippen LogP contribution in [0.25, 0.3) is 10.9 Å². The molecule has 2 atom stereocenters. The molecule has 1 aromatic heterocycles. The summed E-state index contributed by atoms with van der Waals surface area (Å²) in [6.07, 6.45) is 5.26. The highest BCUT2D eigenvalue weighted by molar-refractivity contribution is 5.99. The molecule has 2 fully saturated rings. The Balaban J connectivity index is 0.00000380. The molecule has 204 valence electrons. The van der Waals surface area contributed by atoms with Gasteiger partial charge in [0, 0.05) is 44.7 Å².